The van der Waals surface area contributed by atoms with E-state index in [0.29, 0.717) is 12.0 Å². The maximum Gasteiger partial charge on any atom is 0.0158 e. The lowest BCUT2D eigenvalue weighted by atomic mass is 9.73. The van der Waals surface area contributed by atoms with Crippen LogP contribution in [0.3, 0.4) is 0 Å². The average Bonchev–Trinajstić information content (AvgIpc) is 2.49. The summed E-state index contributed by atoms with van der Waals surface area (Å²) in [4.78, 5) is 0. The molecule has 1 N–H and O–H groups in total. The Morgan fingerprint density at radius 1 is 1.21 bits per heavy atom. The second kappa shape index (κ2) is 7.09. The van der Waals surface area contributed by atoms with Crippen molar-refractivity contribution in [3.63, 3.8) is 0 Å². The van der Waals surface area contributed by atoms with Gasteiger partial charge in [-0.25, -0.2) is 0 Å². The van der Waals surface area contributed by atoms with Gasteiger partial charge in [0.05, 0.1) is 0 Å². The van der Waals surface area contributed by atoms with E-state index in [1.54, 1.807) is 0 Å². The van der Waals surface area contributed by atoms with Crippen LogP contribution in [0.5, 0.6) is 0 Å². The van der Waals surface area contributed by atoms with Crippen LogP contribution >= 0.6 is 0 Å². The predicted octanol–water partition coefficient (Wildman–Crippen LogP) is 4.59. The molecule has 1 aromatic carbocycles. The monoisotopic (exact) mass is 259 g/mol. The molecule has 0 heterocycles. The molecule has 19 heavy (non-hydrogen) atoms. The summed E-state index contributed by atoms with van der Waals surface area (Å²) >= 11 is 0. The number of hydrogen-bond acceptors (Lipinski definition) is 1. The number of rotatable bonds is 5. The Hall–Kier alpha value is -0.820. The third kappa shape index (κ3) is 3.60. The van der Waals surface area contributed by atoms with Crippen molar-refractivity contribution in [1.82, 2.24) is 5.32 Å². The lowest BCUT2D eigenvalue weighted by molar-refractivity contribution is 0.199. The minimum absolute atomic E-state index is 0.604. The summed E-state index contributed by atoms with van der Waals surface area (Å²) in [6, 6.07) is 11.6. The van der Waals surface area contributed by atoms with E-state index >= 15 is 0 Å². The molecule has 1 heteroatoms. The highest BCUT2D eigenvalue weighted by Gasteiger charge is 2.30. The smallest absolute Gasteiger partial charge is 0.0158 e. The molecule has 0 bridgehead atoms. The van der Waals surface area contributed by atoms with Gasteiger partial charge in [-0.3, -0.25) is 0 Å². The molecule has 1 nitrogen and oxygen atoms in total. The van der Waals surface area contributed by atoms with Crippen molar-refractivity contribution in [1.29, 1.82) is 0 Å². The standard InChI is InChI=1S/C18H29N/c1-4-15-9-8-12-17(13-15)18(19-3)14(2)16-10-6-5-7-11-16/h5-7,10-11,14-15,17-19H,4,8-9,12-13H2,1-3H3. The molecule has 4 atom stereocenters. The van der Waals surface area contributed by atoms with E-state index in [2.05, 4.69) is 56.5 Å². The lowest BCUT2D eigenvalue weighted by Gasteiger charge is -2.37. The molecule has 0 saturated heterocycles. The Bertz CT molecular complexity index is 359. The van der Waals surface area contributed by atoms with E-state index < -0.39 is 0 Å². The summed E-state index contributed by atoms with van der Waals surface area (Å²) in [5.74, 6) is 2.41. The van der Waals surface area contributed by atoms with Crippen LogP contribution in [0.2, 0.25) is 0 Å². The van der Waals surface area contributed by atoms with Gasteiger partial charge in [0.2, 0.25) is 0 Å². The topological polar surface area (TPSA) is 12.0 Å². The van der Waals surface area contributed by atoms with Gasteiger partial charge in [-0.2, -0.15) is 0 Å². The van der Waals surface area contributed by atoms with Crippen LogP contribution in [0.25, 0.3) is 0 Å². The zero-order valence-corrected chi connectivity index (χ0v) is 12.7. The van der Waals surface area contributed by atoms with Gasteiger partial charge in [-0.1, -0.05) is 63.4 Å². The highest BCUT2D eigenvalue weighted by Crippen LogP contribution is 2.37. The molecule has 0 aromatic heterocycles. The number of likely N-dealkylation sites (N-methyl/N-ethyl adjacent to an activating group) is 1. The second-order valence-electron chi connectivity index (χ2n) is 6.21. The Balaban J connectivity index is 2.06. The first-order valence-electron chi connectivity index (χ1n) is 7.98. The van der Waals surface area contributed by atoms with Crippen LogP contribution in [0.4, 0.5) is 0 Å². The average molecular weight is 259 g/mol. The zero-order valence-electron chi connectivity index (χ0n) is 12.7. The first-order valence-corrected chi connectivity index (χ1v) is 7.98. The number of nitrogens with one attached hydrogen (secondary N) is 1. The third-order valence-electron chi connectivity index (χ3n) is 5.11. The second-order valence-corrected chi connectivity index (χ2v) is 6.21. The summed E-state index contributed by atoms with van der Waals surface area (Å²) < 4.78 is 0. The van der Waals surface area contributed by atoms with Crippen LogP contribution < -0.4 is 5.32 Å². The summed E-state index contributed by atoms with van der Waals surface area (Å²) in [5, 5.41) is 3.61. The van der Waals surface area contributed by atoms with Crippen molar-refractivity contribution >= 4 is 0 Å². The molecule has 1 fully saturated rings. The van der Waals surface area contributed by atoms with Gasteiger partial charge in [0.25, 0.3) is 0 Å². The van der Waals surface area contributed by atoms with Gasteiger partial charge < -0.3 is 5.32 Å². The molecule has 106 valence electrons. The van der Waals surface area contributed by atoms with Crippen LogP contribution in [0.15, 0.2) is 30.3 Å². The minimum Gasteiger partial charge on any atom is -0.316 e. The van der Waals surface area contributed by atoms with Crippen molar-refractivity contribution in [2.24, 2.45) is 11.8 Å². The molecular formula is C18H29N. The van der Waals surface area contributed by atoms with Gasteiger partial charge in [-0.15, -0.1) is 0 Å². The SMILES string of the molecule is CCC1CCCC(C(NC)C(C)c2ccccc2)C1. The van der Waals surface area contributed by atoms with Crippen LogP contribution in [0.1, 0.15) is 57.4 Å². The summed E-state index contributed by atoms with van der Waals surface area (Å²) in [7, 11) is 2.14. The van der Waals surface area contributed by atoms with Crippen LogP contribution in [0, 0.1) is 11.8 Å². The molecule has 0 spiro atoms. The highest BCUT2D eigenvalue weighted by atomic mass is 14.9. The minimum atomic E-state index is 0.604. The van der Waals surface area contributed by atoms with Gasteiger partial charge >= 0.3 is 0 Å². The van der Waals surface area contributed by atoms with Gasteiger partial charge in [0, 0.05) is 6.04 Å². The first kappa shape index (κ1) is 14.6. The van der Waals surface area contributed by atoms with E-state index in [9.17, 15) is 0 Å². The molecule has 1 saturated carbocycles. The van der Waals surface area contributed by atoms with E-state index in [1.165, 1.54) is 37.7 Å². The molecule has 1 aromatic rings. The molecule has 0 amide bonds. The first-order chi connectivity index (χ1) is 9.26. The van der Waals surface area contributed by atoms with Gasteiger partial charge in [0.15, 0.2) is 0 Å². The van der Waals surface area contributed by atoms with Crippen molar-refractivity contribution < 1.29 is 0 Å². The third-order valence-corrected chi connectivity index (χ3v) is 5.11. The Morgan fingerprint density at radius 2 is 1.95 bits per heavy atom. The fourth-order valence-electron chi connectivity index (χ4n) is 3.89. The predicted molar refractivity (Wildman–Crippen MR) is 83.4 cm³/mol. The van der Waals surface area contributed by atoms with E-state index in [1.807, 2.05) is 0 Å². The van der Waals surface area contributed by atoms with E-state index in [0.717, 1.165) is 11.8 Å². The molecular weight excluding hydrogens is 230 g/mol. The van der Waals surface area contributed by atoms with Gasteiger partial charge in [0.1, 0.15) is 0 Å². The van der Waals surface area contributed by atoms with Crippen LogP contribution in [-0.4, -0.2) is 13.1 Å². The van der Waals surface area contributed by atoms with Crippen molar-refractivity contribution in [2.45, 2.75) is 57.9 Å². The fraction of sp³-hybridized carbons (Fsp3) is 0.667. The zero-order chi connectivity index (χ0) is 13.7. The number of benzene rings is 1. The Kier molecular flexibility index (Phi) is 5.45. The van der Waals surface area contributed by atoms with Crippen molar-refractivity contribution in [3.8, 4) is 0 Å². The molecule has 0 radical (unpaired) electrons. The van der Waals surface area contributed by atoms with E-state index in [4.69, 9.17) is 0 Å². The number of hydrogen-bond donors (Lipinski definition) is 1. The van der Waals surface area contributed by atoms with Crippen molar-refractivity contribution in [3.05, 3.63) is 35.9 Å². The molecule has 0 aliphatic heterocycles. The molecule has 4 unspecified atom stereocenters. The summed E-state index contributed by atoms with van der Waals surface area (Å²) in [5.41, 5.74) is 1.47. The Morgan fingerprint density at radius 3 is 2.58 bits per heavy atom. The highest BCUT2D eigenvalue weighted by molar-refractivity contribution is 5.21. The maximum atomic E-state index is 3.61. The lowest BCUT2D eigenvalue weighted by Crippen LogP contribution is -2.40. The van der Waals surface area contributed by atoms with E-state index in [-0.39, 0.29) is 0 Å². The van der Waals surface area contributed by atoms with Crippen LogP contribution in [-0.2, 0) is 0 Å². The normalized spacial score (nSPS) is 26.9. The quantitative estimate of drug-likeness (QED) is 0.815. The van der Waals surface area contributed by atoms with Gasteiger partial charge in [-0.05, 0) is 43.2 Å². The largest absolute Gasteiger partial charge is 0.316 e. The fourth-order valence-corrected chi connectivity index (χ4v) is 3.89. The molecule has 1 aliphatic rings. The summed E-state index contributed by atoms with van der Waals surface area (Å²) in [6.07, 6.45) is 7.04. The summed E-state index contributed by atoms with van der Waals surface area (Å²) in [6.45, 7) is 4.73. The molecule has 1 aliphatic carbocycles. The Labute approximate surface area is 118 Å². The molecule has 2 rings (SSSR count). The maximum absolute atomic E-state index is 3.61. The van der Waals surface area contributed by atoms with Crippen molar-refractivity contribution in [2.75, 3.05) is 7.05 Å².